The summed E-state index contributed by atoms with van der Waals surface area (Å²) in [6.45, 7) is 8.66. The maximum Gasteiger partial charge on any atom is 0.191 e. The van der Waals surface area contributed by atoms with Crippen LogP contribution >= 0.6 is 0 Å². The SMILES string of the molecule is CCNC(=NCc1ccc(N2CCOC(C)C2)nc1)NCc1ccccc1OC. The highest BCUT2D eigenvalue weighted by molar-refractivity contribution is 5.79. The molecule has 2 aromatic rings. The molecule has 1 aliphatic rings. The van der Waals surface area contributed by atoms with Crippen LogP contribution in [0.4, 0.5) is 5.82 Å². The van der Waals surface area contributed by atoms with Crippen molar-refractivity contribution < 1.29 is 9.47 Å². The molecule has 29 heavy (non-hydrogen) atoms. The molecule has 0 saturated carbocycles. The highest BCUT2D eigenvalue weighted by Crippen LogP contribution is 2.17. The zero-order chi connectivity index (χ0) is 20.5. The minimum atomic E-state index is 0.242. The molecule has 2 N–H and O–H groups in total. The Bertz CT molecular complexity index is 794. The van der Waals surface area contributed by atoms with Crippen LogP contribution in [0.3, 0.4) is 0 Å². The second-order valence-corrected chi connectivity index (χ2v) is 7.01. The van der Waals surface area contributed by atoms with Gasteiger partial charge in [-0.1, -0.05) is 24.3 Å². The summed E-state index contributed by atoms with van der Waals surface area (Å²) in [5, 5.41) is 6.65. The molecule has 156 valence electrons. The number of hydrogen-bond donors (Lipinski definition) is 2. The molecule has 7 heteroatoms. The lowest BCUT2D eigenvalue weighted by Crippen LogP contribution is -2.41. The van der Waals surface area contributed by atoms with Crippen molar-refractivity contribution in [3.8, 4) is 5.75 Å². The molecule has 0 bridgehead atoms. The monoisotopic (exact) mass is 397 g/mol. The largest absolute Gasteiger partial charge is 0.496 e. The van der Waals surface area contributed by atoms with Crippen molar-refractivity contribution in [2.45, 2.75) is 33.0 Å². The lowest BCUT2D eigenvalue weighted by atomic mass is 10.2. The average molecular weight is 398 g/mol. The van der Waals surface area contributed by atoms with Gasteiger partial charge in [-0.05, 0) is 31.5 Å². The van der Waals surface area contributed by atoms with Crippen molar-refractivity contribution >= 4 is 11.8 Å². The van der Waals surface area contributed by atoms with Crippen molar-refractivity contribution in [3.63, 3.8) is 0 Å². The first-order valence-corrected chi connectivity index (χ1v) is 10.1. The predicted octanol–water partition coefficient (Wildman–Crippen LogP) is 2.57. The molecule has 7 nitrogen and oxygen atoms in total. The molecule has 1 aliphatic heterocycles. The predicted molar refractivity (Wildman–Crippen MR) is 117 cm³/mol. The smallest absolute Gasteiger partial charge is 0.191 e. The van der Waals surface area contributed by atoms with Gasteiger partial charge in [-0.2, -0.15) is 0 Å². The lowest BCUT2D eigenvalue weighted by Gasteiger charge is -2.32. The van der Waals surface area contributed by atoms with Gasteiger partial charge in [-0.25, -0.2) is 9.98 Å². The Balaban J connectivity index is 1.59. The second kappa shape index (κ2) is 10.7. The molecule has 1 saturated heterocycles. The van der Waals surface area contributed by atoms with E-state index in [0.717, 1.165) is 54.9 Å². The first-order chi connectivity index (χ1) is 14.2. The summed E-state index contributed by atoms with van der Waals surface area (Å²) in [5.41, 5.74) is 2.16. The van der Waals surface area contributed by atoms with Gasteiger partial charge in [-0.15, -0.1) is 0 Å². The van der Waals surface area contributed by atoms with Gasteiger partial charge in [-0.3, -0.25) is 0 Å². The van der Waals surface area contributed by atoms with Gasteiger partial charge in [0.1, 0.15) is 11.6 Å². The van der Waals surface area contributed by atoms with Crippen molar-refractivity contribution in [3.05, 3.63) is 53.7 Å². The summed E-state index contributed by atoms with van der Waals surface area (Å²) < 4.78 is 11.0. The van der Waals surface area contributed by atoms with Crippen LogP contribution in [-0.4, -0.2) is 50.4 Å². The summed E-state index contributed by atoms with van der Waals surface area (Å²) in [6.07, 6.45) is 2.15. The first kappa shape index (κ1) is 20.9. The fraction of sp³-hybridized carbons (Fsp3) is 0.455. The summed E-state index contributed by atoms with van der Waals surface area (Å²) in [7, 11) is 1.69. The third-order valence-corrected chi connectivity index (χ3v) is 4.78. The van der Waals surface area contributed by atoms with E-state index in [1.807, 2.05) is 30.5 Å². The van der Waals surface area contributed by atoms with E-state index in [9.17, 15) is 0 Å². The van der Waals surface area contributed by atoms with E-state index in [4.69, 9.17) is 9.47 Å². The Kier molecular flexibility index (Phi) is 7.69. The quantitative estimate of drug-likeness (QED) is 0.553. The maximum absolute atomic E-state index is 5.60. The van der Waals surface area contributed by atoms with E-state index in [1.165, 1.54) is 0 Å². The molecule has 0 spiro atoms. The number of pyridine rings is 1. The van der Waals surface area contributed by atoms with Gasteiger partial charge in [0, 0.05) is 37.9 Å². The molecule has 1 unspecified atom stereocenters. The molecule has 0 radical (unpaired) electrons. The summed E-state index contributed by atoms with van der Waals surface area (Å²) in [6, 6.07) is 12.1. The van der Waals surface area contributed by atoms with Crippen LogP contribution in [0.25, 0.3) is 0 Å². The standard InChI is InChI=1S/C22H31N5O2/c1-4-23-22(26-15-19-7-5-6-8-20(19)28-3)25-14-18-9-10-21(24-13-18)27-11-12-29-17(2)16-27/h5-10,13,17H,4,11-12,14-16H2,1-3H3,(H2,23,25,26). The molecule has 1 aromatic carbocycles. The number of aromatic nitrogens is 1. The van der Waals surface area contributed by atoms with E-state index in [-0.39, 0.29) is 6.10 Å². The summed E-state index contributed by atoms with van der Waals surface area (Å²) >= 11 is 0. The van der Waals surface area contributed by atoms with Crippen LogP contribution in [-0.2, 0) is 17.8 Å². The Hall–Kier alpha value is -2.80. The van der Waals surface area contributed by atoms with Gasteiger partial charge in [0.05, 0.1) is 26.4 Å². The topological polar surface area (TPSA) is 71.0 Å². The minimum Gasteiger partial charge on any atom is -0.496 e. The molecular formula is C22H31N5O2. The molecule has 3 rings (SSSR count). The lowest BCUT2D eigenvalue weighted by molar-refractivity contribution is 0.0529. The number of morpholine rings is 1. The van der Waals surface area contributed by atoms with E-state index >= 15 is 0 Å². The number of benzene rings is 1. The molecular weight excluding hydrogens is 366 g/mol. The molecule has 0 amide bonds. The zero-order valence-electron chi connectivity index (χ0n) is 17.5. The molecule has 1 aromatic heterocycles. The van der Waals surface area contributed by atoms with Crippen LogP contribution in [0.1, 0.15) is 25.0 Å². The Morgan fingerprint density at radius 1 is 1.28 bits per heavy atom. The number of para-hydroxylation sites is 1. The number of anilines is 1. The first-order valence-electron chi connectivity index (χ1n) is 10.1. The van der Waals surface area contributed by atoms with Gasteiger partial charge < -0.3 is 25.0 Å². The van der Waals surface area contributed by atoms with Crippen molar-refractivity contribution in [1.82, 2.24) is 15.6 Å². The fourth-order valence-corrected chi connectivity index (χ4v) is 3.26. The molecule has 1 fully saturated rings. The number of aliphatic imine (C=N–C) groups is 1. The Morgan fingerprint density at radius 2 is 2.14 bits per heavy atom. The van der Waals surface area contributed by atoms with Crippen LogP contribution in [0, 0.1) is 0 Å². The molecule has 0 aliphatic carbocycles. The number of hydrogen-bond acceptors (Lipinski definition) is 5. The van der Waals surface area contributed by atoms with Gasteiger partial charge in [0.25, 0.3) is 0 Å². The van der Waals surface area contributed by atoms with Crippen LogP contribution in [0.2, 0.25) is 0 Å². The highest BCUT2D eigenvalue weighted by atomic mass is 16.5. The minimum absolute atomic E-state index is 0.242. The average Bonchev–Trinajstić information content (AvgIpc) is 2.76. The molecule has 2 heterocycles. The van der Waals surface area contributed by atoms with Crippen molar-refractivity contribution in [2.24, 2.45) is 4.99 Å². The zero-order valence-corrected chi connectivity index (χ0v) is 17.5. The molecule has 1 atom stereocenters. The van der Waals surface area contributed by atoms with Gasteiger partial charge in [0.2, 0.25) is 0 Å². The van der Waals surface area contributed by atoms with Crippen LogP contribution in [0.5, 0.6) is 5.75 Å². The third-order valence-electron chi connectivity index (χ3n) is 4.78. The van der Waals surface area contributed by atoms with Gasteiger partial charge in [0.15, 0.2) is 5.96 Å². The number of methoxy groups -OCH3 is 1. The number of guanidine groups is 1. The van der Waals surface area contributed by atoms with Crippen LogP contribution in [0.15, 0.2) is 47.6 Å². The third kappa shape index (κ3) is 6.09. The Labute approximate surface area is 173 Å². The summed E-state index contributed by atoms with van der Waals surface area (Å²) in [4.78, 5) is 11.6. The van der Waals surface area contributed by atoms with E-state index in [2.05, 4.69) is 51.5 Å². The number of nitrogens with zero attached hydrogens (tertiary/aromatic N) is 3. The maximum atomic E-state index is 5.60. The highest BCUT2D eigenvalue weighted by Gasteiger charge is 2.17. The second-order valence-electron chi connectivity index (χ2n) is 7.01. The van der Waals surface area contributed by atoms with Crippen molar-refractivity contribution in [2.75, 3.05) is 38.3 Å². The van der Waals surface area contributed by atoms with Gasteiger partial charge >= 0.3 is 0 Å². The van der Waals surface area contributed by atoms with Crippen LogP contribution < -0.4 is 20.3 Å². The number of nitrogens with one attached hydrogen (secondary N) is 2. The Morgan fingerprint density at radius 3 is 2.86 bits per heavy atom. The van der Waals surface area contributed by atoms with E-state index in [0.29, 0.717) is 13.1 Å². The number of rotatable bonds is 7. The normalized spacial score (nSPS) is 17.1. The summed E-state index contributed by atoms with van der Waals surface area (Å²) in [5.74, 6) is 2.63. The van der Waals surface area contributed by atoms with E-state index in [1.54, 1.807) is 7.11 Å². The number of ether oxygens (including phenoxy) is 2. The van der Waals surface area contributed by atoms with E-state index < -0.39 is 0 Å². The fourth-order valence-electron chi connectivity index (χ4n) is 3.26. The van der Waals surface area contributed by atoms with Crippen molar-refractivity contribution in [1.29, 1.82) is 0 Å².